The second kappa shape index (κ2) is 10.2. The minimum absolute atomic E-state index is 0.0968. The lowest BCUT2D eigenvalue weighted by Crippen LogP contribution is -2.22. The van der Waals surface area contributed by atoms with Crippen LogP contribution >= 0.6 is 23.1 Å². The van der Waals surface area contributed by atoms with E-state index in [9.17, 15) is 8.78 Å². The Morgan fingerprint density at radius 2 is 1.79 bits per heavy atom. The Morgan fingerprint density at radius 1 is 1.10 bits per heavy atom. The Labute approximate surface area is 178 Å². The standard InChI is InChI=1S/C22H24F2N2OS2/c1-4-16-5-7-17(8-6-16)20-14-28-22(26(20)15(2)13-27-3)25-18-9-11-19(12-10-18)29-21(23)24/h5-12,14-15,21H,4,13H2,1-3H3. The second-order valence-corrected chi connectivity index (χ2v) is 8.51. The molecule has 0 aliphatic heterocycles. The van der Waals surface area contributed by atoms with Gasteiger partial charge in [0.15, 0.2) is 4.80 Å². The maximum Gasteiger partial charge on any atom is 0.288 e. The molecule has 1 aromatic heterocycles. The van der Waals surface area contributed by atoms with Crippen molar-refractivity contribution in [2.45, 2.75) is 37.0 Å². The third-order valence-electron chi connectivity index (χ3n) is 4.53. The van der Waals surface area contributed by atoms with E-state index in [-0.39, 0.29) is 6.04 Å². The maximum atomic E-state index is 12.5. The molecule has 1 heterocycles. The lowest BCUT2D eigenvalue weighted by Gasteiger charge is -2.17. The van der Waals surface area contributed by atoms with E-state index in [0.29, 0.717) is 23.3 Å². The number of nitrogens with zero attached hydrogens (tertiary/aromatic N) is 2. The van der Waals surface area contributed by atoms with E-state index in [1.807, 2.05) is 0 Å². The van der Waals surface area contributed by atoms with Crippen LogP contribution in [0.2, 0.25) is 0 Å². The van der Waals surface area contributed by atoms with Crippen LogP contribution in [0.5, 0.6) is 0 Å². The van der Waals surface area contributed by atoms with Crippen molar-refractivity contribution in [3.63, 3.8) is 0 Å². The number of ether oxygens (including phenoxy) is 1. The summed E-state index contributed by atoms with van der Waals surface area (Å²) in [6, 6.07) is 15.6. The molecule has 2 aromatic carbocycles. The fraction of sp³-hybridized carbons (Fsp3) is 0.318. The van der Waals surface area contributed by atoms with Gasteiger partial charge in [-0.25, -0.2) is 4.99 Å². The van der Waals surface area contributed by atoms with Crippen LogP contribution in [0.4, 0.5) is 14.5 Å². The van der Waals surface area contributed by atoms with E-state index in [1.165, 1.54) is 5.56 Å². The molecule has 0 N–H and O–H groups in total. The van der Waals surface area contributed by atoms with E-state index in [0.717, 1.165) is 28.2 Å². The maximum absolute atomic E-state index is 12.5. The Kier molecular flexibility index (Phi) is 7.64. The molecular formula is C22H24F2N2OS2. The molecule has 0 saturated carbocycles. The highest BCUT2D eigenvalue weighted by atomic mass is 32.2. The summed E-state index contributed by atoms with van der Waals surface area (Å²) in [7, 11) is 1.69. The first kappa shape index (κ1) is 21.7. The van der Waals surface area contributed by atoms with Crippen molar-refractivity contribution in [2.75, 3.05) is 13.7 Å². The zero-order valence-electron chi connectivity index (χ0n) is 16.6. The fourth-order valence-electron chi connectivity index (χ4n) is 3.08. The Bertz CT molecular complexity index is 979. The average molecular weight is 435 g/mol. The molecule has 0 radical (unpaired) electrons. The number of thiazole rings is 1. The van der Waals surface area contributed by atoms with Crippen LogP contribution in [0.25, 0.3) is 11.3 Å². The molecule has 3 nitrogen and oxygen atoms in total. The Morgan fingerprint density at radius 3 is 2.38 bits per heavy atom. The summed E-state index contributed by atoms with van der Waals surface area (Å²) in [4.78, 5) is 6.15. The van der Waals surface area contributed by atoms with Gasteiger partial charge in [-0.05, 0) is 48.7 Å². The molecule has 0 aliphatic carbocycles. The molecule has 0 aliphatic rings. The van der Waals surface area contributed by atoms with Gasteiger partial charge in [0.1, 0.15) is 0 Å². The topological polar surface area (TPSA) is 26.5 Å². The monoisotopic (exact) mass is 434 g/mol. The van der Waals surface area contributed by atoms with Crippen LogP contribution in [0.3, 0.4) is 0 Å². The minimum Gasteiger partial charge on any atom is -0.383 e. The highest BCUT2D eigenvalue weighted by Crippen LogP contribution is 2.28. The molecular weight excluding hydrogens is 410 g/mol. The summed E-state index contributed by atoms with van der Waals surface area (Å²) in [5.74, 6) is -2.42. The number of aryl methyl sites for hydroxylation is 1. The van der Waals surface area contributed by atoms with Crippen LogP contribution in [0.15, 0.2) is 63.8 Å². The number of aromatic nitrogens is 1. The number of halogens is 2. The van der Waals surface area contributed by atoms with Gasteiger partial charge < -0.3 is 9.30 Å². The summed E-state index contributed by atoms with van der Waals surface area (Å²) in [5.41, 5.74) is 4.25. The van der Waals surface area contributed by atoms with Crippen LogP contribution in [0, 0.1) is 0 Å². The molecule has 3 rings (SSSR count). The normalized spacial score (nSPS) is 13.2. The molecule has 0 spiro atoms. The van der Waals surface area contributed by atoms with Gasteiger partial charge in [0, 0.05) is 17.4 Å². The van der Waals surface area contributed by atoms with Crippen molar-refractivity contribution >= 4 is 28.8 Å². The van der Waals surface area contributed by atoms with Crippen LogP contribution < -0.4 is 4.80 Å². The summed E-state index contributed by atoms with van der Waals surface area (Å²) >= 11 is 2.10. The molecule has 3 aromatic rings. The summed E-state index contributed by atoms with van der Waals surface area (Å²) in [6.45, 7) is 4.80. The lowest BCUT2D eigenvalue weighted by molar-refractivity contribution is 0.162. The predicted molar refractivity (Wildman–Crippen MR) is 117 cm³/mol. The second-order valence-electron chi connectivity index (χ2n) is 6.61. The van der Waals surface area contributed by atoms with Crippen LogP contribution in [-0.4, -0.2) is 24.0 Å². The number of methoxy groups -OCH3 is 1. The lowest BCUT2D eigenvalue weighted by atomic mass is 10.1. The van der Waals surface area contributed by atoms with Crippen molar-refractivity contribution in [3.8, 4) is 11.3 Å². The van der Waals surface area contributed by atoms with E-state index < -0.39 is 5.76 Å². The molecule has 7 heteroatoms. The molecule has 1 atom stereocenters. The third kappa shape index (κ3) is 5.56. The van der Waals surface area contributed by atoms with Crippen LogP contribution in [0.1, 0.15) is 25.5 Å². The summed E-state index contributed by atoms with van der Waals surface area (Å²) in [6.07, 6.45) is 1.00. The molecule has 29 heavy (non-hydrogen) atoms. The van der Waals surface area contributed by atoms with E-state index in [4.69, 9.17) is 9.73 Å². The number of hydrogen-bond acceptors (Lipinski definition) is 4. The van der Waals surface area contributed by atoms with Gasteiger partial charge in [-0.1, -0.05) is 43.0 Å². The van der Waals surface area contributed by atoms with Crippen molar-refractivity contribution in [1.82, 2.24) is 4.57 Å². The van der Waals surface area contributed by atoms with E-state index in [1.54, 1.807) is 42.7 Å². The van der Waals surface area contributed by atoms with Crippen molar-refractivity contribution < 1.29 is 13.5 Å². The van der Waals surface area contributed by atoms with Crippen molar-refractivity contribution in [1.29, 1.82) is 0 Å². The molecule has 0 saturated heterocycles. The van der Waals surface area contributed by atoms with Gasteiger partial charge in [-0.3, -0.25) is 0 Å². The Balaban J connectivity index is 2.01. The van der Waals surface area contributed by atoms with Gasteiger partial charge in [0.25, 0.3) is 5.76 Å². The summed E-state index contributed by atoms with van der Waals surface area (Å²) in [5, 5.41) is 2.10. The molecule has 0 bridgehead atoms. The first-order chi connectivity index (χ1) is 14.0. The minimum atomic E-state index is -2.42. The number of hydrogen-bond donors (Lipinski definition) is 0. The van der Waals surface area contributed by atoms with Gasteiger partial charge in [-0.2, -0.15) is 8.78 Å². The molecule has 1 unspecified atom stereocenters. The number of alkyl halides is 2. The SMILES string of the molecule is CCc1ccc(-c2csc(=Nc3ccc(SC(F)F)cc3)n2C(C)COC)cc1. The van der Waals surface area contributed by atoms with Gasteiger partial charge in [0.2, 0.25) is 0 Å². The smallest absolute Gasteiger partial charge is 0.288 e. The van der Waals surface area contributed by atoms with Crippen molar-refractivity contribution in [2.24, 2.45) is 4.99 Å². The molecule has 0 fully saturated rings. The van der Waals surface area contributed by atoms with Crippen molar-refractivity contribution in [3.05, 3.63) is 64.3 Å². The number of rotatable bonds is 8. The fourth-order valence-corrected chi connectivity index (χ4v) is 4.59. The zero-order chi connectivity index (χ0) is 20.8. The highest BCUT2D eigenvalue weighted by Gasteiger charge is 2.14. The van der Waals surface area contributed by atoms with Gasteiger partial charge in [0.05, 0.1) is 24.0 Å². The Hall–Kier alpha value is -1.96. The van der Waals surface area contributed by atoms with E-state index >= 15 is 0 Å². The number of thioether (sulfide) groups is 1. The largest absolute Gasteiger partial charge is 0.383 e. The average Bonchev–Trinajstić information content (AvgIpc) is 3.13. The summed E-state index contributed by atoms with van der Waals surface area (Å²) < 4.78 is 32.6. The zero-order valence-corrected chi connectivity index (χ0v) is 18.3. The first-order valence-electron chi connectivity index (χ1n) is 9.39. The highest BCUT2D eigenvalue weighted by molar-refractivity contribution is 7.99. The van der Waals surface area contributed by atoms with Crippen LogP contribution in [-0.2, 0) is 11.2 Å². The molecule has 154 valence electrons. The number of benzene rings is 2. The third-order valence-corrected chi connectivity index (χ3v) is 6.10. The molecule has 0 amide bonds. The van der Waals surface area contributed by atoms with Gasteiger partial charge >= 0.3 is 0 Å². The quantitative estimate of drug-likeness (QED) is 0.377. The first-order valence-corrected chi connectivity index (χ1v) is 11.2. The van der Waals surface area contributed by atoms with E-state index in [2.05, 4.69) is 48.1 Å². The van der Waals surface area contributed by atoms with Gasteiger partial charge in [-0.15, -0.1) is 11.3 Å². The predicted octanol–water partition coefficient (Wildman–Crippen LogP) is 6.53.